The van der Waals surface area contributed by atoms with E-state index in [1.165, 1.54) is 0 Å². The van der Waals surface area contributed by atoms with Crippen LogP contribution in [0.15, 0.2) is 54.6 Å². The average Bonchev–Trinajstić information content (AvgIpc) is 2.78. The number of rotatable bonds is 4. The van der Waals surface area contributed by atoms with Gasteiger partial charge in [-0.3, -0.25) is 20.4 Å². The smallest absolute Gasteiger partial charge is 0.321 e. The van der Waals surface area contributed by atoms with Crippen LogP contribution in [0.1, 0.15) is 35.7 Å². The van der Waals surface area contributed by atoms with Gasteiger partial charge in [0.15, 0.2) is 0 Å². The van der Waals surface area contributed by atoms with Gasteiger partial charge in [0.25, 0.3) is 5.91 Å². The van der Waals surface area contributed by atoms with Gasteiger partial charge in [-0.1, -0.05) is 37.3 Å². The molecule has 2 aromatic rings. The summed E-state index contributed by atoms with van der Waals surface area (Å²) in [6.07, 6.45) is 2.30. The Bertz CT molecular complexity index is 852. The van der Waals surface area contributed by atoms with E-state index in [1.807, 2.05) is 49.4 Å². The van der Waals surface area contributed by atoms with Gasteiger partial charge in [-0.25, -0.2) is 4.79 Å². The molecular weight excluding hydrogens is 368 g/mol. The number of nitrogens with zero attached hydrogens (tertiary/aromatic N) is 1. The van der Waals surface area contributed by atoms with Crippen molar-refractivity contribution in [2.75, 3.05) is 18.4 Å². The van der Waals surface area contributed by atoms with Gasteiger partial charge in [0.2, 0.25) is 5.91 Å². The molecule has 0 radical (unpaired) electrons. The molecular formula is C22H26N4O3. The number of urea groups is 1. The highest BCUT2D eigenvalue weighted by Gasteiger charge is 2.28. The highest BCUT2D eigenvalue weighted by Crippen LogP contribution is 2.18. The van der Waals surface area contributed by atoms with Crippen LogP contribution in [0.5, 0.6) is 0 Å². The van der Waals surface area contributed by atoms with Crippen LogP contribution in [0.3, 0.4) is 0 Å². The Kier molecular flexibility index (Phi) is 6.84. The monoisotopic (exact) mass is 394 g/mol. The maximum absolute atomic E-state index is 12.5. The standard InChI is InChI=1S/C22H26N4O3/c1-2-16-10-12-17(13-11-16)20(27)24-25-21(28)18-7-6-14-26(15-18)22(29)23-19-8-4-3-5-9-19/h3-5,8-13,18H,2,6-7,14-15H2,1H3,(H,23,29)(H,24,27)(H,25,28)/t18-/m0/s1. The molecule has 1 aliphatic rings. The zero-order valence-corrected chi connectivity index (χ0v) is 16.5. The van der Waals surface area contributed by atoms with Crippen LogP contribution >= 0.6 is 0 Å². The van der Waals surface area contributed by atoms with E-state index in [9.17, 15) is 14.4 Å². The van der Waals surface area contributed by atoms with Crippen LogP contribution in [0.4, 0.5) is 10.5 Å². The molecule has 1 atom stereocenters. The van der Waals surface area contributed by atoms with Gasteiger partial charge >= 0.3 is 6.03 Å². The Morgan fingerprint density at radius 3 is 2.41 bits per heavy atom. The van der Waals surface area contributed by atoms with Gasteiger partial charge in [0, 0.05) is 24.3 Å². The number of piperidine rings is 1. The Hall–Kier alpha value is -3.35. The van der Waals surface area contributed by atoms with E-state index in [4.69, 9.17) is 0 Å². The van der Waals surface area contributed by atoms with E-state index in [1.54, 1.807) is 17.0 Å². The summed E-state index contributed by atoms with van der Waals surface area (Å²) in [4.78, 5) is 38.8. The third-order valence-corrected chi connectivity index (χ3v) is 5.03. The minimum atomic E-state index is -0.368. The topological polar surface area (TPSA) is 90.5 Å². The lowest BCUT2D eigenvalue weighted by molar-refractivity contribution is -0.127. The van der Waals surface area contributed by atoms with Crippen LogP contribution in [0.2, 0.25) is 0 Å². The lowest BCUT2D eigenvalue weighted by atomic mass is 9.97. The quantitative estimate of drug-likeness (QED) is 0.697. The molecule has 1 aliphatic heterocycles. The molecule has 0 saturated carbocycles. The molecule has 1 heterocycles. The molecule has 7 nitrogen and oxygen atoms in total. The first-order valence-electron chi connectivity index (χ1n) is 9.87. The third kappa shape index (κ3) is 5.57. The maximum Gasteiger partial charge on any atom is 0.321 e. The van der Waals surface area contributed by atoms with E-state index in [-0.39, 0.29) is 23.8 Å². The van der Waals surface area contributed by atoms with Crippen molar-refractivity contribution < 1.29 is 14.4 Å². The fourth-order valence-corrected chi connectivity index (χ4v) is 3.28. The summed E-state index contributed by atoms with van der Waals surface area (Å²) in [5, 5.41) is 2.84. The van der Waals surface area contributed by atoms with Gasteiger partial charge < -0.3 is 10.2 Å². The summed E-state index contributed by atoms with van der Waals surface area (Å²) in [6.45, 7) is 2.95. The van der Waals surface area contributed by atoms with E-state index >= 15 is 0 Å². The first-order chi connectivity index (χ1) is 14.1. The highest BCUT2D eigenvalue weighted by atomic mass is 16.2. The van der Waals surface area contributed by atoms with Crippen LogP contribution in [0, 0.1) is 5.92 Å². The second kappa shape index (κ2) is 9.73. The lowest BCUT2D eigenvalue weighted by Gasteiger charge is -2.32. The average molecular weight is 394 g/mol. The fraction of sp³-hybridized carbons (Fsp3) is 0.318. The number of likely N-dealkylation sites (tertiary alicyclic amines) is 1. The fourth-order valence-electron chi connectivity index (χ4n) is 3.28. The van der Waals surface area contributed by atoms with Crippen LogP contribution in [-0.2, 0) is 11.2 Å². The SMILES string of the molecule is CCc1ccc(C(=O)NNC(=O)[C@H]2CCCN(C(=O)Nc3ccccc3)C2)cc1. The molecule has 3 N–H and O–H groups in total. The number of para-hydroxylation sites is 1. The number of anilines is 1. The summed E-state index contributed by atoms with van der Waals surface area (Å²) in [7, 11) is 0. The van der Waals surface area contributed by atoms with Crippen molar-refractivity contribution in [3.8, 4) is 0 Å². The molecule has 1 saturated heterocycles. The van der Waals surface area contributed by atoms with Crippen molar-refractivity contribution in [3.05, 3.63) is 65.7 Å². The molecule has 4 amide bonds. The first-order valence-corrected chi connectivity index (χ1v) is 9.87. The molecule has 0 aromatic heterocycles. The summed E-state index contributed by atoms with van der Waals surface area (Å²) >= 11 is 0. The number of carbonyl (C=O) groups excluding carboxylic acids is 3. The van der Waals surface area contributed by atoms with Crippen molar-refractivity contribution in [3.63, 3.8) is 0 Å². The van der Waals surface area contributed by atoms with Crippen molar-refractivity contribution in [1.82, 2.24) is 15.8 Å². The number of hydrogen-bond acceptors (Lipinski definition) is 3. The second-order valence-electron chi connectivity index (χ2n) is 7.08. The van der Waals surface area contributed by atoms with Gasteiger partial charge in [0.1, 0.15) is 0 Å². The Labute approximate surface area is 170 Å². The first kappa shape index (κ1) is 20.4. The molecule has 2 aromatic carbocycles. The highest BCUT2D eigenvalue weighted by molar-refractivity contribution is 5.95. The largest absolute Gasteiger partial charge is 0.324 e. The van der Waals surface area contributed by atoms with Crippen molar-refractivity contribution >= 4 is 23.5 Å². The van der Waals surface area contributed by atoms with Crippen molar-refractivity contribution in [2.45, 2.75) is 26.2 Å². The summed E-state index contributed by atoms with van der Waals surface area (Å²) in [6, 6.07) is 16.2. The molecule has 7 heteroatoms. The number of hydrogen-bond donors (Lipinski definition) is 3. The molecule has 0 bridgehead atoms. The summed E-state index contributed by atoms with van der Waals surface area (Å²) < 4.78 is 0. The van der Waals surface area contributed by atoms with E-state index in [0.29, 0.717) is 30.8 Å². The predicted molar refractivity (Wildman–Crippen MR) is 111 cm³/mol. The van der Waals surface area contributed by atoms with Crippen LogP contribution in [-0.4, -0.2) is 35.8 Å². The molecule has 0 spiro atoms. The maximum atomic E-state index is 12.5. The number of carbonyl (C=O) groups is 3. The van der Waals surface area contributed by atoms with Gasteiger partial charge in [-0.15, -0.1) is 0 Å². The summed E-state index contributed by atoms with van der Waals surface area (Å²) in [5.74, 6) is -1.02. The van der Waals surface area contributed by atoms with Crippen LogP contribution < -0.4 is 16.2 Å². The van der Waals surface area contributed by atoms with Gasteiger partial charge in [-0.2, -0.15) is 0 Å². The van der Waals surface area contributed by atoms with Crippen molar-refractivity contribution in [2.24, 2.45) is 5.92 Å². The van der Waals surface area contributed by atoms with E-state index in [2.05, 4.69) is 16.2 Å². The molecule has 0 unspecified atom stereocenters. The zero-order valence-electron chi connectivity index (χ0n) is 16.5. The molecule has 1 fully saturated rings. The minimum Gasteiger partial charge on any atom is -0.324 e. The minimum absolute atomic E-state index is 0.228. The van der Waals surface area contributed by atoms with E-state index in [0.717, 1.165) is 18.4 Å². The predicted octanol–water partition coefficient (Wildman–Crippen LogP) is 2.95. The number of hydrazine groups is 1. The zero-order chi connectivity index (χ0) is 20.6. The van der Waals surface area contributed by atoms with Gasteiger partial charge in [-0.05, 0) is 49.1 Å². The Morgan fingerprint density at radius 1 is 1.00 bits per heavy atom. The molecule has 29 heavy (non-hydrogen) atoms. The normalized spacial score (nSPS) is 16.0. The third-order valence-electron chi connectivity index (χ3n) is 5.03. The molecule has 152 valence electrons. The summed E-state index contributed by atoms with van der Waals surface area (Å²) in [5.41, 5.74) is 7.29. The molecule has 3 rings (SSSR count). The number of benzene rings is 2. The number of aryl methyl sites for hydroxylation is 1. The lowest BCUT2D eigenvalue weighted by Crippen LogP contribution is -2.50. The van der Waals surface area contributed by atoms with E-state index < -0.39 is 0 Å². The van der Waals surface area contributed by atoms with Gasteiger partial charge in [0.05, 0.1) is 5.92 Å². The Balaban J connectivity index is 1.49. The Morgan fingerprint density at radius 2 is 1.72 bits per heavy atom. The second-order valence-corrected chi connectivity index (χ2v) is 7.08. The van der Waals surface area contributed by atoms with Crippen LogP contribution in [0.25, 0.3) is 0 Å². The van der Waals surface area contributed by atoms with Crippen molar-refractivity contribution in [1.29, 1.82) is 0 Å². The molecule has 0 aliphatic carbocycles. The number of amides is 4. The number of nitrogens with one attached hydrogen (secondary N) is 3.